The number of hydrogen-bond acceptors (Lipinski definition) is 3. The van der Waals surface area contributed by atoms with Gasteiger partial charge in [-0.05, 0) is 25.7 Å². The molecule has 1 rings (SSSR count). The van der Waals surface area contributed by atoms with Crippen LogP contribution in [0.1, 0.15) is 19.8 Å². The molecular formula is C9H12BrNO3. The molecular weight excluding hydrogens is 250 g/mol. The minimum Gasteiger partial charge on any atom is -0.461 e. The Labute approximate surface area is 90.8 Å². The van der Waals surface area contributed by atoms with Crippen molar-refractivity contribution in [2.45, 2.75) is 19.8 Å². The predicted octanol–water partition coefficient (Wildman–Crippen LogP) is 1.31. The van der Waals surface area contributed by atoms with Gasteiger partial charge in [-0.2, -0.15) is 0 Å². The Morgan fingerprint density at radius 2 is 2.29 bits per heavy atom. The van der Waals surface area contributed by atoms with Crippen LogP contribution in [-0.2, 0) is 14.3 Å². The lowest BCUT2D eigenvalue weighted by Gasteiger charge is -2.07. The Morgan fingerprint density at radius 1 is 1.64 bits per heavy atom. The van der Waals surface area contributed by atoms with Gasteiger partial charge in [-0.3, -0.25) is 4.79 Å². The third kappa shape index (κ3) is 2.83. The lowest BCUT2D eigenvalue weighted by Crippen LogP contribution is -2.22. The summed E-state index contributed by atoms with van der Waals surface area (Å²) in [5.74, 6) is -0.125. The van der Waals surface area contributed by atoms with Crippen LogP contribution in [0.3, 0.4) is 0 Å². The first-order chi connectivity index (χ1) is 6.70. The highest BCUT2D eigenvalue weighted by atomic mass is 79.9. The molecule has 5 heteroatoms. The smallest absolute Gasteiger partial charge is 0.355 e. The van der Waals surface area contributed by atoms with Crippen LogP contribution in [0.15, 0.2) is 10.2 Å². The van der Waals surface area contributed by atoms with Crippen LogP contribution in [0.2, 0.25) is 0 Å². The normalized spacial score (nSPS) is 17.0. The third-order valence-electron chi connectivity index (χ3n) is 1.86. The van der Waals surface area contributed by atoms with Gasteiger partial charge in [-0.15, -0.1) is 0 Å². The summed E-state index contributed by atoms with van der Waals surface area (Å²) in [5.41, 5.74) is 0.226. The summed E-state index contributed by atoms with van der Waals surface area (Å²) in [4.78, 5) is 21.7. The lowest BCUT2D eigenvalue weighted by molar-refractivity contribution is -0.139. The van der Waals surface area contributed by atoms with E-state index in [1.807, 2.05) is 0 Å². The van der Waals surface area contributed by atoms with Crippen LogP contribution in [0, 0.1) is 5.92 Å². The average Bonchev–Trinajstić information content (AvgIpc) is 2.96. The number of allylic oxidation sites excluding steroid dienone is 1. The molecule has 0 radical (unpaired) electrons. The Balaban J connectivity index is 2.75. The molecule has 1 amide bonds. The molecule has 0 bridgehead atoms. The zero-order valence-corrected chi connectivity index (χ0v) is 9.46. The van der Waals surface area contributed by atoms with Gasteiger partial charge in [0.25, 0.3) is 0 Å². The second-order valence-electron chi connectivity index (χ2n) is 2.98. The summed E-state index contributed by atoms with van der Waals surface area (Å²) < 4.78 is 5.55. The van der Waals surface area contributed by atoms with E-state index < -0.39 is 5.97 Å². The second kappa shape index (κ2) is 5.14. The maximum atomic E-state index is 11.4. The fourth-order valence-electron chi connectivity index (χ4n) is 1.03. The first-order valence-electron chi connectivity index (χ1n) is 4.47. The number of ether oxygens (including phenoxy) is 1. The van der Waals surface area contributed by atoms with Crippen LogP contribution >= 0.6 is 15.9 Å². The highest BCUT2D eigenvalue weighted by molar-refractivity contribution is 9.11. The van der Waals surface area contributed by atoms with Gasteiger partial charge in [0.1, 0.15) is 5.70 Å². The van der Waals surface area contributed by atoms with Crippen molar-refractivity contribution < 1.29 is 14.3 Å². The summed E-state index contributed by atoms with van der Waals surface area (Å²) in [5, 5.41) is 2.37. The van der Waals surface area contributed by atoms with E-state index in [2.05, 4.69) is 21.2 Å². The Bertz CT molecular complexity index is 271. The minimum atomic E-state index is -0.488. The fourth-order valence-corrected chi connectivity index (χ4v) is 1.76. The number of amides is 1. The molecule has 0 heterocycles. The molecule has 0 atom stereocenters. The van der Waals surface area contributed by atoms with E-state index >= 15 is 0 Å². The summed E-state index contributed by atoms with van der Waals surface area (Å²) in [6, 6.07) is 0. The van der Waals surface area contributed by atoms with Crippen molar-refractivity contribution in [1.29, 1.82) is 0 Å². The highest BCUT2D eigenvalue weighted by Gasteiger charge is 2.29. The van der Waals surface area contributed by atoms with Crippen LogP contribution in [0.4, 0.5) is 0 Å². The fraction of sp³-hybridized carbons (Fsp3) is 0.556. The third-order valence-corrected chi connectivity index (χ3v) is 2.90. The molecule has 78 valence electrons. The van der Waals surface area contributed by atoms with Gasteiger partial charge in [0.2, 0.25) is 6.41 Å². The van der Waals surface area contributed by atoms with Crippen molar-refractivity contribution >= 4 is 28.3 Å². The van der Waals surface area contributed by atoms with Crippen LogP contribution in [0.25, 0.3) is 0 Å². The molecule has 4 nitrogen and oxygen atoms in total. The summed E-state index contributed by atoms with van der Waals surface area (Å²) in [6.45, 7) is 2.02. The number of hydrogen-bond donors (Lipinski definition) is 1. The molecule has 0 aromatic heterocycles. The SMILES string of the molecule is CCOC(=O)/C(NC=O)=C(\Br)C1CC1. The molecule has 0 unspecified atom stereocenters. The van der Waals surface area contributed by atoms with Crippen molar-refractivity contribution in [2.75, 3.05) is 6.61 Å². The molecule has 1 aliphatic carbocycles. The Kier molecular flexibility index (Phi) is 4.13. The molecule has 0 aliphatic heterocycles. The first kappa shape index (κ1) is 11.2. The summed E-state index contributed by atoms with van der Waals surface area (Å²) >= 11 is 3.30. The maximum absolute atomic E-state index is 11.4. The minimum absolute atomic E-state index is 0.226. The Morgan fingerprint density at radius 3 is 2.71 bits per heavy atom. The molecule has 14 heavy (non-hydrogen) atoms. The van der Waals surface area contributed by atoms with Crippen LogP contribution in [-0.4, -0.2) is 19.0 Å². The molecule has 0 spiro atoms. The van der Waals surface area contributed by atoms with Crippen molar-refractivity contribution in [2.24, 2.45) is 5.92 Å². The number of nitrogens with one attached hydrogen (secondary N) is 1. The maximum Gasteiger partial charge on any atom is 0.355 e. The van der Waals surface area contributed by atoms with Crippen LogP contribution in [0.5, 0.6) is 0 Å². The summed E-state index contributed by atoms with van der Waals surface area (Å²) in [7, 11) is 0. The van der Waals surface area contributed by atoms with E-state index in [1.165, 1.54) is 0 Å². The van der Waals surface area contributed by atoms with Gasteiger partial charge in [-0.25, -0.2) is 4.79 Å². The lowest BCUT2D eigenvalue weighted by atomic mass is 10.3. The molecule has 0 aromatic rings. The number of carbonyl (C=O) groups excluding carboxylic acids is 2. The first-order valence-corrected chi connectivity index (χ1v) is 5.27. The number of carbonyl (C=O) groups is 2. The second-order valence-corrected chi connectivity index (χ2v) is 3.83. The van der Waals surface area contributed by atoms with Crippen molar-refractivity contribution in [3.63, 3.8) is 0 Å². The predicted molar refractivity (Wildman–Crippen MR) is 54.5 cm³/mol. The molecule has 1 aliphatic rings. The standard InChI is InChI=1S/C9H12BrNO3/c1-2-14-9(13)8(11-5-12)7(10)6-3-4-6/h5-6H,2-4H2,1H3,(H,11,12)/b8-7+. The Hall–Kier alpha value is -0.840. The number of esters is 1. The van der Waals surface area contributed by atoms with Crippen molar-refractivity contribution in [1.82, 2.24) is 5.32 Å². The largest absolute Gasteiger partial charge is 0.461 e. The molecule has 0 aromatic carbocycles. The zero-order valence-electron chi connectivity index (χ0n) is 7.88. The quantitative estimate of drug-likeness (QED) is 0.461. The number of halogens is 1. The van der Waals surface area contributed by atoms with E-state index in [4.69, 9.17) is 4.74 Å². The van der Waals surface area contributed by atoms with Gasteiger partial charge in [0.05, 0.1) is 6.61 Å². The van der Waals surface area contributed by atoms with E-state index in [-0.39, 0.29) is 5.70 Å². The van der Waals surface area contributed by atoms with E-state index in [1.54, 1.807) is 6.92 Å². The van der Waals surface area contributed by atoms with E-state index in [0.29, 0.717) is 18.9 Å². The van der Waals surface area contributed by atoms with Gasteiger partial charge >= 0.3 is 5.97 Å². The van der Waals surface area contributed by atoms with Crippen molar-refractivity contribution in [3.05, 3.63) is 10.2 Å². The van der Waals surface area contributed by atoms with Gasteiger partial charge in [0, 0.05) is 4.48 Å². The van der Waals surface area contributed by atoms with E-state index in [0.717, 1.165) is 17.3 Å². The van der Waals surface area contributed by atoms with Gasteiger partial charge in [-0.1, -0.05) is 15.9 Å². The summed E-state index contributed by atoms with van der Waals surface area (Å²) in [6.07, 6.45) is 2.57. The molecule has 1 fully saturated rings. The zero-order chi connectivity index (χ0) is 10.6. The van der Waals surface area contributed by atoms with E-state index in [9.17, 15) is 9.59 Å². The molecule has 1 N–H and O–H groups in total. The average molecular weight is 262 g/mol. The number of rotatable bonds is 5. The molecule has 1 saturated carbocycles. The highest BCUT2D eigenvalue weighted by Crippen LogP contribution is 2.40. The van der Waals surface area contributed by atoms with Gasteiger partial charge in [0.15, 0.2) is 0 Å². The molecule has 0 saturated heterocycles. The topological polar surface area (TPSA) is 55.4 Å². The monoisotopic (exact) mass is 261 g/mol. The van der Waals surface area contributed by atoms with Gasteiger partial charge < -0.3 is 10.1 Å². The van der Waals surface area contributed by atoms with Crippen molar-refractivity contribution in [3.8, 4) is 0 Å². The van der Waals surface area contributed by atoms with Crippen LogP contribution < -0.4 is 5.32 Å².